The summed E-state index contributed by atoms with van der Waals surface area (Å²) in [7, 11) is 0. The van der Waals surface area contributed by atoms with Crippen molar-refractivity contribution >= 4 is 5.78 Å². The highest BCUT2D eigenvalue weighted by atomic mass is 16.3. The molecular formula is C20H30O3. The molecule has 2 unspecified atom stereocenters. The molecule has 0 aromatic heterocycles. The first-order valence-electron chi connectivity index (χ1n) is 9.39. The lowest BCUT2D eigenvalue weighted by Gasteiger charge is -2.58. The Morgan fingerprint density at radius 1 is 1.26 bits per heavy atom. The molecule has 0 bridgehead atoms. The molecule has 4 rings (SSSR count). The molecule has 8 atom stereocenters. The van der Waals surface area contributed by atoms with Crippen molar-refractivity contribution in [1.82, 2.24) is 0 Å². The van der Waals surface area contributed by atoms with Gasteiger partial charge in [0.05, 0.1) is 11.7 Å². The molecular weight excluding hydrogens is 288 g/mol. The van der Waals surface area contributed by atoms with Crippen molar-refractivity contribution in [3.63, 3.8) is 0 Å². The number of rotatable bonds is 0. The summed E-state index contributed by atoms with van der Waals surface area (Å²) in [6.45, 7) is 6.42. The van der Waals surface area contributed by atoms with Gasteiger partial charge in [0.25, 0.3) is 0 Å². The second kappa shape index (κ2) is 4.92. The Balaban J connectivity index is 1.73. The summed E-state index contributed by atoms with van der Waals surface area (Å²) in [4.78, 5) is 11.9. The SMILES string of the molecule is CC1C[C@@H]2[C@H](C(O)C[C@@]3(C)[C@H]2CC[C@]3(C)O)[C@H]2CCC(=O)C=C12. The van der Waals surface area contributed by atoms with Gasteiger partial charge in [-0.2, -0.15) is 0 Å². The molecule has 128 valence electrons. The summed E-state index contributed by atoms with van der Waals surface area (Å²) in [5.74, 6) is 2.37. The monoisotopic (exact) mass is 318 g/mol. The molecule has 4 aliphatic carbocycles. The topological polar surface area (TPSA) is 57.5 Å². The molecule has 0 aromatic carbocycles. The van der Waals surface area contributed by atoms with E-state index in [1.807, 2.05) is 13.0 Å². The zero-order valence-electron chi connectivity index (χ0n) is 14.6. The van der Waals surface area contributed by atoms with Crippen LogP contribution in [0.3, 0.4) is 0 Å². The second-order valence-electron chi connectivity index (χ2n) is 9.24. The lowest BCUT2D eigenvalue weighted by molar-refractivity contribution is -0.155. The van der Waals surface area contributed by atoms with E-state index in [0.717, 1.165) is 25.7 Å². The van der Waals surface area contributed by atoms with E-state index in [2.05, 4.69) is 13.8 Å². The minimum absolute atomic E-state index is 0.168. The van der Waals surface area contributed by atoms with E-state index < -0.39 is 5.60 Å². The van der Waals surface area contributed by atoms with E-state index >= 15 is 0 Å². The van der Waals surface area contributed by atoms with Gasteiger partial charge in [0.15, 0.2) is 5.78 Å². The van der Waals surface area contributed by atoms with Gasteiger partial charge in [-0.05, 0) is 74.7 Å². The van der Waals surface area contributed by atoms with Crippen LogP contribution in [-0.4, -0.2) is 27.7 Å². The Kier molecular flexibility index (Phi) is 3.39. The van der Waals surface area contributed by atoms with Gasteiger partial charge >= 0.3 is 0 Å². The summed E-state index contributed by atoms with van der Waals surface area (Å²) in [6.07, 6.45) is 6.79. The van der Waals surface area contributed by atoms with Crippen molar-refractivity contribution in [3.8, 4) is 0 Å². The molecule has 0 radical (unpaired) electrons. The molecule has 0 heterocycles. The van der Waals surface area contributed by atoms with Crippen LogP contribution in [0.5, 0.6) is 0 Å². The maximum atomic E-state index is 11.9. The lowest BCUT2D eigenvalue weighted by atomic mass is 9.48. The van der Waals surface area contributed by atoms with Crippen molar-refractivity contribution in [2.75, 3.05) is 0 Å². The van der Waals surface area contributed by atoms with E-state index in [0.29, 0.717) is 36.5 Å². The highest BCUT2D eigenvalue weighted by Crippen LogP contribution is 2.65. The minimum Gasteiger partial charge on any atom is -0.393 e. The Labute approximate surface area is 139 Å². The quantitative estimate of drug-likeness (QED) is 0.721. The zero-order valence-corrected chi connectivity index (χ0v) is 14.6. The fourth-order valence-electron chi connectivity index (χ4n) is 6.81. The number of hydrogen-bond donors (Lipinski definition) is 2. The molecule has 0 spiro atoms. The number of carbonyl (C=O) groups is 1. The fourth-order valence-corrected chi connectivity index (χ4v) is 6.81. The van der Waals surface area contributed by atoms with Crippen LogP contribution in [0.4, 0.5) is 0 Å². The number of aliphatic hydroxyl groups is 2. The Bertz CT molecular complexity index is 563. The van der Waals surface area contributed by atoms with Gasteiger partial charge in [0.2, 0.25) is 0 Å². The number of allylic oxidation sites excluding steroid dienone is 1. The van der Waals surface area contributed by atoms with Gasteiger partial charge in [-0.15, -0.1) is 0 Å². The number of carbonyl (C=O) groups excluding carboxylic acids is 1. The number of fused-ring (bicyclic) bond motifs is 5. The van der Waals surface area contributed by atoms with Crippen molar-refractivity contribution in [3.05, 3.63) is 11.6 Å². The molecule has 4 aliphatic rings. The zero-order chi connectivity index (χ0) is 16.6. The molecule has 0 saturated heterocycles. The van der Waals surface area contributed by atoms with Crippen LogP contribution in [0.15, 0.2) is 11.6 Å². The summed E-state index contributed by atoms with van der Waals surface area (Å²) in [5.41, 5.74) is 0.472. The largest absolute Gasteiger partial charge is 0.393 e. The Hall–Kier alpha value is -0.670. The highest BCUT2D eigenvalue weighted by molar-refractivity contribution is 5.91. The molecule has 3 heteroatoms. The van der Waals surface area contributed by atoms with Crippen molar-refractivity contribution in [1.29, 1.82) is 0 Å². The predicted octanol–water partition coefficient (Wildman–Crippen LogP) is 3.10. The van der Waals surface area contributed by atoms with Crippen molar-refractivity contribution in [2.24, 2.45) is 35.0 Å². The summed E-state index contributed by atoms with van der Waals surface area (Å²) in [5, 5.41) is 21.9. The fraction of sp³-hybridized carbons (Fsp3) is 0.850. The first-order valence-corrected chi connectivity index (χ1v) is 9.39. The first kappa shape index (κ1) is 15.8. The summed E-state index contributed by atoms with van der Waals surface area (Å²) in [6, 6.07) is 0. The van der Waals surface area contributed by atoms with E-state index in [9.17, 15) is 15.0 Å². The average Bonchev–Trinajstić information content (AvgIpc) is 2.69. The standard InChI is InChI=1S/C20H30O3/c1-11-8-15-16-6-7-20(3,23)19(16,2)10-17(22)18(15)13-5-4-12(21)9-14(11)13/h9,11,13,15-18,22-23H,4-8,10H2,1-3H3/t11?,13-,15-,16-,17?,18+,19-,20-/m0/s1. The number of ketones is 1. The van der Waals surface area contributed by atoms with Crippen LogP contribution in [0, 0.1) is 35.0 Å². The number of hydrogen-bond acceptors (Lipinski definition) is 3. The van der Waals surface area contributed by atoms with Gasteiger partial charge in [-0.3, -0.25) is 4.79 Å². The first-order chi connectivity index (χ1) is 10.7. The third-order valence-electron chi connectivity index (χ3n) is 8.20. The van der Waals surface area contributed by atoms with Gasteiger partial charge < -0.3 is 10.2 Å². The van der Waals surface area contributed by atoms with E-state index in [-0.39, 0.29) is 23.2 Å². The van der Waals surface area contributed by atoms with Crippen LogP contribution in [0.2, 0.25) is 0 Å². The molecule has 23 heavy (non-hydrogen) atoms. The van der Waals surface area contributed by atoms with Crippen molar-refractivity contribution in [2.45, 2.75) is 71.0 Å². The normalized spacial score (nSPS) is 55.7. The van der Waals surface area contributed by atoms with Gasteiger partial charge in [0.1, 0.15) is 0 Å². The summed E-state index contributed by atoms with van der Waals surface area (Å²) < 4.78 is 0. The third kappa shape index (κ3) is 2.05. The van der Waals surface area contributed by atoms with Gasteiger partial charge in [-0.25, -0.2) is 0 Å². The molecule has 0 aliphatic heterocycles. The van der Waals surface area contributed by atoms with Crippen LogP contribution in [0.1, 0.15) is 59.3 Å². The molecule has 3 saturated carbocycles. The average molecular weight is 318 g/mol. The van der Waals surface area contributed by atoms with Crippen LogP contribution in [-0.2, 0) is 4.79 Å². The third-order valence-corrected chi connectivity index (χ3v) is 8.20. The van der Waals surface area contributed by atoms with Gasteiger partial charge in [0, 0.05) is 11.8 Å². The molecule has 0 amide bonds. The number of aliphatic hydroxyl groups excluding tert-OH is 1. The Morgan fingerprint density at radius 3 is 2.74 bits per heavy atom. The van der Waals surface area contributed by atoms with E-state index in [1.165, 1.54) is 5.57 Å². The van der Waals surface area contributed by atoms with E-state index in [1.54, 1.807) is 0 Å². The Morgan fingerprint density at radius 2 is 2.00 bits per heavy atom. The second-order valence-corrected chi connectivity index (χ2v) is 9.24. The highest BCUT2D eigenvalue weighted by Gasteiger charge is 2.63. The van der Waals surface area contributed by atoms with Crippen molar-refractivity contribution < 1.29 is 15.0 Å². The molecule has 3 nitrogen and oxygen atoms in total. The van der Waals surface area contributed by atoms with Crippen LogP contribution in [0.25, 0.3) is 0 Å². The molecule has 2 N–H and O–H groups in total. The van der Waals surface area contributed by atoms with Gasteiger partial charge in [-0.1, -0.05) is 19.4 Å². The molecule has 0 aromatic rings. The van der Waals surface area contributed by atoms with Crippen LogP contribution >= 0.6 is 0 Å². The minimum atomic E-state index is -0.661. The lowest BCUT2D eigenvalue weighted by Crippen LogP contribution is -2.57. The smallest absolute Gasteiger partial charge is 0.155 e. The predicted molar refractivity (Wildman–Crippen MR) is 88.7 cm³/mol. The van der Waals surface area contributed by atoms with E-state index in [4.69, 9.17) is 0 Å². The van der Waals surface area contributed by atoms with Crippen LogP contribution < -0.4 is 0 Å². The maximum Gasteiger partial charge on any atom is 0.155 e. The molecule has 3 fully saturated rings. The summed E-state index contributed by atoms with van der Waals surface area (Å²) >= 11 is 0. The maximum absolute atomic E-state index is 11.9.